The van der Waals surface area contributed by atoms with Gasteiger partial charge in [0.05, 0.1) is 15.6 Å². The van der Waals surface area contributed by atoms with Gasteiger partial charge in [0.15, 0.2) is 6.10 Å². The molecule has 2 aromatic carbocycles. The van der Waals surface area contributed by atoms with Crippen molar-refractivity contribution in [1.29, 1.82) is 0 Å². The van der Waals surface area contributed by atoms with Crippen LogP contribution in [0.4, 0.5) is 11.4 Å². The highest BCUT2D eigenvalue weighted by Crippen LogP contribution is 2.34. The van der Waals surface area contributed by atoms with Crippen molar-refractivity contribution in [1.82, 2.24) is 0 Å². The first-order valence-electron chi connectivity index (χ1n) is 7.58. The van der Waals surface area contributed by atoms with Gasteiger partial charge in [-0.15, -0.1) is 0 Å². The van der Waals surface area contributed by atoms with Gasteiger partial charge in [0.2, 0.25) is 0 Å². The molecule has 1 aliphatic heterocycles. The molecule has 0 spiro atoms. The number of nitro benzene ring substituents is 1. The molecule has 3 rings (SSSR count). The summed E-state index contributed by atoms with van der Waals surface area (Å²) in [5.74, 6) is -0.654. The first kappa shape index (κ1) is 17.7. The maximum atomic E-state index is 12.4. The van der Waals surface area contributed by atoms with Crippen molar-refractivity contribution in [2.45, 2.75) is 13.0 Å². The van der Waals surface area contributed by atoms with Crippen molar-refractivity contribution in [3.05, 3.63) is 57.6 Å². The van der Waals surface area contributed by atoms with Crippen LogP contribution in [0.2, 0.25) is 5.02 Å². The fourth-order valence-corrected chi connectivity index (χ4v) is 2.71. The average molecular weight is 377 g/mol. The summed E-state index contributed by atoms with van der Waals surface area (Å²) >= 11 is 5.91. The second-order valence-electron chi connectivity index (χ2n) is 5.50. The van der Waals surface area contributed by atoms with Crippen LogP contribution in [0.1, 0.15) is 6.92 Å². The highest BCUT2D eigenvalue weighted by Gasteiger charge is 2.33. The lowest BCUT2D eigenvalue weighted by molar-refractivity contribution is -0.384. The minimum Gasteiger partial charge on any atom is -0.479 e. The molecule has 1 heterocycles. The smallest absolute Gasteiger partial charge is 0.331 e. The Morgan fingerprint density at radius 3 is 2.77 bits per heavy atom. The van der Waals surface area contributed by atoms with Crippen molar-refractivity contribution in [3.8, 4) is 11.5 Å². The van der Waals surface area contributed by atoms with E-state index in [1.165, 1.54) is 17.0 Å². The minimum absolute atomic E-state index is 0.0238. The largest absolute Gasteiger partial charge is 0.479 e. The van der Waals surface area contributed by atoms with Crippen LogP contribution in [-0.2, 0) is 9.59 Å². The zero-order valence-corrected chi connectivity index (χ0v) is 14.3. The summed E-state index contributed by atoms with van der Waals surface area (Å²) in [5.41, 5.74) is 0.239. The Bertz CT molecular complexity index is 901. The molecule has 0 bridgehead atoms. The zero-order chi connectivity index (χ0) is 18.8. The molecule has 2 aromatic rings. The summed E-state index contributed by atoms with van der Waals surface area (Å²) in [5, 5.41) is 10.6. The number of para-hydroxylation sites is 2. The number of non-ortho nitro benzene ring substituents is 1. The maximum Gasteiger partial charge on any atom is 0.331 e. The van der Waals surface area contributed by atoms with Crippen molar-refractivity contribution >= 4 is 34.9 Å². The lowest BCUT2D eigenvalue weighted by Gasteiger charge is -2.32. The third-order valence-corrected chi connectivity index (χ3v) is 4.01. The van der Waals surface area contributed by atoms with Gasteiger partial charge in [-0.3, -0.25) is 19.8 Å². The second-order valence-corrected chi connectivity index (χ2v) is 5.91. The number of hydrogen-bond acceptors (Lipinski definition) is 6. The molecule has 0 saturated heterocycles. The Morgan fingerprint density at radius 2 is 2.08 bits per heavy atom. The van der Waals surface area contributed by atoms with E-state index < -0.39 is 17.0 Å². The van der Waals surface area contributed by atoms with Gasteiger partial charge in [0.25, 0.3) is 11.6 Å². The molecule has 9 heteroatoms. The summed E-state index contributed by atoms with van der Waals surface area (Å²) in [6, 6.07) is 10.3. The van der Waals surface area contributed by atoms with Gasteiger partial charge < -0.3 is 9.47 Å². The lowest BCUT2D eigenvalue weighted by atomic mass is 10.2. The number of esters is 1. The molecule has 0 radical (unpaired) electrons. The zero-order valence-electron chi connectivity index (χ0n) is 13.5. The molecule has 1 unspecified atom stereocenters. The number of nitrogens with zero attached hydrogens (tertiary/aromatic N) is 2. The number of hydrogen-bond donors (Lipinski definition) is 0. The van der Waals surface area contributed by atoms with Crippen LogP contribution in [0.25, 0.3) is 0 Å². The monoisotopic (exact) mass is 376 g/mol. The fourth-order valence-electron chi connectivity index (χ4n) is 2.49. The van der Waals surface area contributed by atoms with Crippen molar-refractivity contribution in [2.24, 2.45) is 0 Å². The van der Waals surface area contributed by atoms with Gasteiger partial charge in [0, 0.05) is 12.1 Å². The van der Waals surface area contributed by atoms with E-state index in [0.717, 1.165) is 6.07 Å². The minimum atomic E-state index is -0.738. The molecule has 0 N–H and O–H groups in total. The number of ether oxygens (including phenoxy) is 2. The maximum absolute atomic E-state index is 12.4. The Morgan fingerprint density at radius 1 is 1.35 bits per heavy atom. The molecule has 0 fully saturated rings. The quantitative estimate of drug-likeness (QED) is 0.352. The predicted octanol–water partition coefficient (Wildman–Crippen LogP) is 2.97. The molecule has 0 saturated carbocycles. The van der Waals surface area contributed by atoms with Crippen LogP contribution in [0, 0.1) is 10.1 Å². The number of anilines is 1. The van der Waals surface area contributed by atoms with Gasteiger partial charge in [-0.2, -0.15) is 0 Å². The van der Waals surface area contributed by atoms with E-state index in [2.05, 4.69) is 0 Å². The molecule has 1 aliphatic rings. The number of carbonyl (C=O) groups is 2. The van der Waals surface area contributed by atoms with E-state index in [1.807, 2.05) is 0 Å². The third kappa shape index (κ3) is 3.45. The molecule has 1 amide bonds. The van der Waals surface area contributed by atoms with Gasteiger partial charge in [-0.05, 0) is 25.1 Å². The summed E-state index contributed by atoms with van der Waals surface area (Å²) in [6.07, 6.45) is -0.735. The number of carbonyl (C=O) groups excluding carboxylic acids is 2. The molecule has 1 atom stereocenters. The highest BCUT2D eigenvalue weighted by atomic mass is 35.5. The molecule has 26 heavy (non-hydrogen) atoms. The first-order valence-corrected chi connectivity index (χ1v) is 7.96. The van der Waals surface area contributed by atoms with Crippen LogP contribution < -0.4 is 14.4 Å². The SMILES string of the molecule is CC1Oc2ccccc2N(CC(=O)Oc2ccc([N+](=O)[O-])cc2Cl)C1=O. The molecule has 8 nitrogen and oxygen atoms in total. The van der Waals surface area contributed by atoms with Gasteiger partial charge >= 0.3 is 5.97 Å². The van der Waals surface area contributed by atoms with Crippen LogP contribution in [0.3, 0.4) is 0 Å². The first-order chi connectivity index (χ1) is 12.4. The van der Waals surface area contributed by atoms with E-state index >= 15 is 0 Å². The van der Waals surface area contributed by atoms with Crippen molar-refractivity contribution in [2.75, 3.05) is 11.4 Å². The number of fused-ring (bicyclic) bond motifs is 1. The number of rotatable bonds is 4. The van der Waals surface area contributed by atoms with Crippen LogP contribution in [0.5, 0.6) is 11.5 Å². The normalized spacial score (nSPS) is 15.8. The summed E-state index contributed by atoms with van der Waals surface area (Å²) < 4.78 is 10.7. The summed E-state index contributed by atoms with van der Waals surface area (Å²) in [7, 11) is 0. The van der Waals surface area contributed by atoms with Crippen LogP contribution in [-0.4, -0.2) is 29.4 Å². The molecular formula is C17H13ClN2O6. The van der Waals surface area contributed by atoms with Crippen LogP contribution in [0.15, 0.2) is 42.5 Å². The Labute approximate surface area is 153 Å². The Balaban J connectivity index is 1.78. The number of nitro groups is 1. The van der Waals surface area contributed by atoms with E-state index in [9.17, 15) is 19.7 Å². The molecule has 134 valence electrons. The van der Waals surface area contributed by atoms with E-state index in [1.54, 1.807) is 31.2 Å². The third-order valence-electron chi connectivity index (χ3n) is 3.71. The van der Waals surface area contributed by atoms with Gasteiger partial charge in [0.1, 0.15) is 18.0 Å². The number of halogens is 1. The van der Waals surface area contributed by atoms with Gasteiger partial charge in [-0.25, -0.2) is 4.79 Å². The Hall–Kier alpha value is -3.13. The van der Waals surface area contributed by atoms with E-state index in [-0.39, 0.29) is 28.9 Å². The second kappa shape index (κ2) is 7.01. The Kier molecular flexibility index (Phi) is 4.77. The molecule has 0 aromatic heterocycles. The topological polar surface area (TPSA) is 99.0 Å². The number of amides is 1. The lowest BCUT2D eigenvalue weighted by Crippen LogP contribution is -2.47. The highest BCUT2D eigenvalue weighted by molar-refractivity contribution is 6.32. The fraction of sp³-hybridized carbons (Fsp3) is 0.176. The summed E-state index contributed by atoms with van der Waals surface area (Å²) in [6.45, 7) is 1.24. The van der Waals surface area contributed by atoms with Crippen molar-refractivity contribution in [3.63, 3.8) is 0 Å². The van der Waals surface area contributed by atoms with Gasteiger partial charge in [-0.1, -0.05) is 23.7 Å². The van der Waals surface area contributed by atoms with Crippen LogP contribution >= 0.6 is 11.6 Å². The summed E-state index contributed by atoms with van der Waals surface area (Å²) in [4.78, 5) is 36.0. The standard InChI is InChI=1S/C17H13ClN2O6/c1-10-17(22)19(13-4-2-3-5-15(13)25-10)9-16(21)26-14-7-6-11(20(23)24)8-12(14)18/h2-8,10H,9H2,1H3. The average Bonchev–Trinajstić information content (AvgIpc) is 2.60. The molecular weight excluding hydrogens is 364 g/mol. The number of benzene rings is 2. The predicted molar refractivity (Wildman–Crippen MR) is 92.6 cm³/mol. The van der Waals surface area contributed by atoms with E-state index in [0.29, 0.717) is 11.4 Å². The van der Waals surface area contributed by atoms with Crippen molar-refractivity contribution < 1.29 is 24.0 Å². The molecule has 0 aliphatic carbocycles. The van der Waals surface area contributed by atoms with E-state index in [4.69, 9.17) is 21.1 Å².